The first kappa shape index (κ1) is 19.1. The van der Waals surface area contributed by atoms with E-state index in [1.54, 1.807) is 12.1 Å². The quantitative estimate of drug-likeness (QED) is 0.734. The molecule has 0 bridgehead atoms. The predicted molar refractivity (Wildman–Crippen MR) is 98.8 cm³/mol. The van der Waals surface area contributed by atoms with Gasteiger partial charge in [0.15, 0.2) is 0 Å². The first-order chi connectivity index (χ1) is 11.9. The van der Waals surface area contributed by atoms with Crippen molar-refractivity contribution in [3.63, 3.8) is 0 Å². The van der Waals surface area contributed by atoms with Crippen molar-refractivity contribution in [2.75, 3.05) is 20.6 Å². The third-order valence-corrected chi connectivity index (χ3v) is 5.70. The third-order valence-electron chi connectivity index (χ3n) is 3.87. The number of carbonyl (C=O) groups is 1. The van der Waals surface area contributed by atoms with Crippen LogP contribution in [0.25, 0.3) is 0 Å². The molecular weight excluding hydrogens is 336 g/mol. The second kappa shape index (κ2) is 8.78. The smallest absolute Gasteiger partial charge is 0.242 e. The number of amides is 1. The normalized spacial score (nSPS) is 11.5. The van der Waals surface area contributed by atoms with E-state index in [4.69, 9.17) is 0 Å². The minimum Gasteiger partial charge on any atom is -0.356 e. The van der Waals surface area contributed by atoms with Crippen LogP contribution in [-0.4, -0.2) is 39.3 Å². The van der Waals surface area contributed by atoms with Gasteiger partial charge in [-0.2, -0.15) is 0 Å². The molecule has 0 atom stereocenters. The zero-order valence-corrected chi connectivity index (χ0v) is 15.4. The topological polar surface area (TPSA) is 66.5 Å². The average molecular weight is 360 g/mol. The zero-order valence-electron chi connectivity index (χ0n) is 14.6. The minimum absolute atomic E-state index is 0.0590. The summed E-state index contributed by atoms with van der Waals surface area (Å²) >= 11 is 0. The van der Waals surface area contributed by atoms with Crippen molar-refractivity contribution in [3.8, 4) is 0 Å². The number of nitrogens with zero attached hydrogens (tertiary/aromatic N) is 1. The molecule has 1 amide bonds. The fourth-order valence-electron chi connectivity index (χ4n) is 2.40. The summed E-state index contributed by atoms with van der Waals surface area (Å²) in [6.45, 7) is 0.626. The third kappa shape index (κ3) is 5.69. The van der Waals surface area contributed by atoms with E-state index in [1.807, 2.05) is 18.2 Å². The molecule has 0 aliphatic rings. The van der Waals surface area contributed by atoms with Gasteiger partial charge >= 0.3 is 0 Å². The van der Waals surface area contributed by atoms with Gasteiger partial charge in [-0.05, 0) is 36.1 Å². The maximum atomic E-state index is 12.0. The molecule has 5 nitrogen and oxygen atoms in total. The lowest BCUT2D eigenvalue weighted by atomic mass is 10.1. The lowest BCUT2D eigenvalue weighted by molar-refractivity contribution is -0.120. The van der Waals surface area contributed by atoms with Crippen molar-refractivity contribution in [2.24, 2.45) is 0 Å². The van der Waals surface area contributed by atoms with Crippen LogP contribution in [0.5, 0.6) is 0 Å². The lowest BCUT2D eigenvalue weighted by Crippen LogP contribution is -2.26. The van der Waals surface area contributed by atoms with Gasteiger partial charge in [0.25, 0.3) is 0 Å². The highest BCUT2D eigenvalue weighted by Gasteiger charge is 2.16. The Kier molecular flexibility index (Phi) is 6.73. The van der Waals surface area contributed by atoms with Crippen LogP contribution in [0.4, 0.5) is 0 Å². The van der Waals surface area contributed by atoms with E-state index in [0.717, 1.165) is 18.4 Å². The number of hydrogen-bond acceptors (Lipinski definition) is 3. The molecule has 0 saturated heterocycles. The highest BCUT2D eigenvalue weighted by atomic mass is 32.2. The Hall–Kier alpha value is -2.18. The highest BCUT2D eigenvalue weighted by Crippen LogP contribution is 2.14. The van der Waals surface area contributed by atoms with Gasteiger partial charge in [-0.15, -0.1) is 0 Å². The molecule has 25 heavy (non-hydrogen) atoms. The molecule has 2 aromatic carbocycles. The van der Waals surface area contributed by atoms with Gasteiger partial charge in [-0.1, -0.05) is 42.5 Å². The van der Waals surface area contributed by atoms with Gasteiger partial charge in [0.05, 0.1) is 11.3 Å². The predicted octanol–water partition coefficient (Wildman–Crippen LogP) is 2.23. The number of nitrogens with one attached hydrogen (secondary N) is 1. The Morgan fingerprint density at radius 2 is 1.60 bits per heavy atom. The summed E-state index contributed by atoms with van der Waals surface area (Å²) in [5.74, 6) is -0.0590. The van der Waals surface area contributed by atoms with E-state index < -0.39 is 10.0 Å². The van der Waals surface area contributed by atoms with Gasteiger partial charge in [-0.3, -0.25) is 4.79 Å². The fourth-order valence-corrected chi connectivity index (χ4v) is 3.30. The van der Waals surface area contributed by atoms with Crippen LogP contribution in [0.1, 0.15) is 17.5 Å². The maximum Gasteiger partial charge on any atom is 0.242 e. The monoisotopic (exact) mass is 360 g/mol. The summed E-state index contributed by atoms with van der Waals surface area (Å²) in [4.78, 5) is 12.2. The second-order valence-corrected chi connectivity index (χ2v) is 8.20. The van der Waals surface area contributed by atoms with E-state index in [0.29, 0.717) is 6.54 Å². The molecule has 0 aromatic heterocycles. The summed E-state index contributed by atoms with van der Waals surface area (Å²) in [5, 5.41) is 2.90. The zero-order chi connectivity index (χ0) is 18.3. The molecule has 1 N–H and O–H groups in total. The Labute approximate surface area is 149 Å². The first-order valence-electron chi connectivity index (χ1n) is 8.21. The van der Waals surface area contributed by atoms with E-state index in [-0.39, 0.29) is 17.2 Å². The van der Waals surface area contributed by atoms with Gasteiger partial charge in [0.2, 0.25) is 15.9 Å². The highest BCUT2D eigenvalue weighted by molar-refractivity contribution is 7.89. The molecule has 134 valence electrons. The van der Waals surface area contributed by atoms with Crippen molar-refractivity contribution in [2.45, 2.75) is 24.2 Å². The number of carbonyl (C=O) groups excluding carboxylic acids is 1. The van der Waals surface area contributed by atoms with Gasteiger partial charge in [-0.25, -0.2) is 12.7 Å². The van der Waals surface area contributed by atoms with Crippen LogP contribution in [0.15, 0.2) is 59.5 Å². The first-order valence-corrected chi connectivity index (χ1v) is 9.65. The lowest BCUT2D eigenvalue weighted by Gasteiger charge is -2.11. The minimum atomic E-state index is -3.43. The summed E-state index contributed by atoms with van der Waals surface area (Å²) in [7, 11) is -0.449. The number of benzene rings is 2. The van der Waals surface area contributed by atoms with Crippen LogP contribution in [0.2, 0.25) is 0 Å². The van der Waals surface area contributed by atoms with Crippen LogP contribution >= 0.6 is 0 Å². The number of rotatable bonds is 8. The molecule has 0 spiro atoms. The van der Waals surface area contributed by atoms with Crippen LogP contribution < -0.4 is 5.32 Å². The van der Waals surface area contributed by atoms with Crippen molar-refractivity contribution in [1.29, 1.82) is 0 Å². The molecule has 0 aliphatic heterocycles. The Morgan fingerprint density at radius 3 is 2.20 bits per heavy atom. The van der Waals surface area contributed by atoms with Gasteiger partial charge in [0, 0.05) is 20.6 Å². The SMILES string of the molecule is CN(C)S(=O)(=O)c1ccc(CC(=O)NCCCc2ccccc2)cc1. The van der Waals surface area contributed by atoms with E-state index in [9.17, 15) is 13.2 Å². The standard InChI is InChI=1S/C19H24N2O3S/c1-21(2)25(23,24)18-12-10-17(11-13-18)15-19(22)20-14-6-9-16-7-4-3-5-8-16/h3-5,7-8,10-13H,6,9,14-15H2,1-2H3,(H,20,22). The van der Waals surface area contributed by atoms with Crippen molar-refractivity contribution in [1.82, 2.24) is 9.62 Å². The Morgan fingerprint density at radius 1 is 0.960 bits per heavy atom. The molecule has 0 radical (unpaired) electrons. The largest absolute Gasteiger partial charge is 0.356 e. The van der Waals surface area contributed by atoms with E-state index in [2.05, 4.69) is 17.4 Å². The second-order valence-electron chi connectivity index (χ2n) is 6.05. The molecule has 0 fully saturated rings. The average Bonchev–Trinajstić information content (AvgIpc) is 2.60. The van der Waals surface area contributed by atoms with E-state index in [1.165, 1.54) is 36.1 Å². The Balaban J connectivity index is 1.79. The molecular formula is C19H24N2O3S. The molecule has 0 saturated carbocycles. The van der Waals surface area contributed by atoms with Crippen LogP contribution in [-0.2, 0) is 27.7 Å². The summed E-state index contributed by atoms with van der Waals surface area (Å²) < 4.78 is 25.2. The molecule has 0 heterocycles. The van der Waals surface area contributed by atoms with Crippen molar-refractivity contribution < 1.29 is 13.2 Å². The van der Waals surface area contributed by atoms with Crippen molar-refractivity contribution >= 4 is 15.9 Å². The van der Waals surface area contributed by atoms with E-state index >= 15 is 0 Å². The fraction of sp³-hybridized carbons (Fsp3) is 0.316. The van der Waals surface area contributed by atoms with Crippen LogP contribution in [0.3, 0.4) is 0 Å². The summed E-state index contributed by atoms with van der Waals surface area (Å²) in [6.07, 6.45) is 2.06. The molecule has 2 aromatic rings. The number of sulfonamides is 1. The van der Waals surface area contributed by atoms with Gasteiger partial charge in [0.1, 0.15) is 0 Å². The number of aryl methyl sites for hydroxylation is 1. The maximum absolute atomic E-state index is 12.0. The molecule has 0 unspecified atom stereocenters. The summed E-state index contributed by atoms with van der Waals surface area (Å²) in [6, 6.07) is 16.6. The molecule has 6 heteroatoms. The molecule has 0 aliphatic carbocycles. The Bertz CT molecular complexity index is 785. The number of hydrogen-bond donors (Lipinski definition) is 1. The molecule has 2 rings (SSSR count). The van der Waals surface area contributed by atoms with Crippen LogP contribution in [0, 0.1) is 0 Å². The van der Waals surface area contributed by atoms with Gasteiger partial charge < -0.3 is 5.32 Å². The van der Waals surface area contributed by atoms with Crippen molar-refractivity contribution in [3.05, 3.63) is 65.7 Å². The summed E-state index contributed by atoms with van der Waals surface area (Å²) in [5.41, 5.74) is 2.05.